The third-order valence-electron chi connectivity index (χ3n) is 2.51. The fourth-order valence-corrected chi connectivity index (χ4v) is 1.65. The Bertz CT molecular complexity index is 376. The van der Waals surface area contributed by atoms with Crippen molar-refractivity contribution in [3.05, 3.63) is 30.3 Å². The number of unbranched alkanes of at least 4 members (excludes halogenated alkanes) is 2. The zero-order valence-electron chi connectivity index (χ0n) is 10.2. The summed E-state index contributed by atoms with van der Waals surface area (Å²) in [6.07, 6.45) is -2.65. The quantitative estimate of drug-likeness (QED) is 0.575. The van der Waals surface area contributed by atoms with Crippen molar-refractivity contribution in [1.29, 1.82) is 0 Å². The van der Waals surface area contributed by atoms with Crippen molar-refractivity contribution >= 4 is 11.6 Å². The molecule has 0 N–H and O–H groups in total. The van der Waals surface area contributed by atoms with Crippen LogP contribution >= 0.6 is 0 Å². The van der Waals surface area contributed by atoms with Crippen LogP contribution in [0.15, 0.2) is 30.3 Å². The van der Waals surface area contributed by atoms with Gasteiger partial charge in [0.05, 0.1) is 5.69 Å². The Hall–Kier alpha value is -1.52. The van der Waals surface area contributed by atoms with Crippen LogP contribution < -0.4 is 4.90 Å². The minimum atomic E-state index is -4.68. The van der Waals surface area contributed by atoms with E-state index < -0.39 is 12.2 Å². The Labute approximate surface area is 104 Å². The molecule has 0 aliphatic heterocycles. The molecule has 1 aromatic rings. The number of carbonyl (C=O) groups excluding carboxylic acids is 1. The number of carbonyl (C=O) groups is 1. The van der Waals surface area contributed by atoms with Crippen molar-refractivity contribution in [1.82, 2.24) is 0 Å². The number of halogens is 3. The molecule has 1 rings (SSSR count). The molecule has 0 heterocycles. The first-order valence-electron chi connectivity index (χ1n) is 5.91. The van der Waals surface area contributed by atoms with Crippen LogP contribution in [0.25, 0.3) is 0 Å². The highest BCUT2D eigenvalue weighted by Gasteiger charge is 2.41. The molecule has 0 saturated heterocycles. The largest absolute Gasteiger partial charge is 0.491 e. The molecule has 18 heavy (non-hydrogen) atoms. The van der Waals surface area contributed by atoms with Crippen LogP contribution in [-0.2, 0) is 4.79 Å². The van der Waals surface area contributed by atoms with Crippen molar-refractivity contribution in [3.8, 4) is 0 Å². The van der Waals surface area contributed by atoms with Gasteiger partial charge < -0.3 is 0 Å². The maximum absolute atomic E-state index is 12.9. The van der Waals surface area contributed by atoms with Crippen LogP contribution in [0, 0.1) is 0 Å². The molecule has 1 amide bonds. The van der Waals surface area contributed by atoms with E-state index in [0.29, 0.717) is 6.42 Å². The summed E-state index contributed by atoms with van der Waals surface area (Å²) in [5.74, 6) is -0.901. The lowest BCUT2D eigenvalue weighted by Crippen LogP contribution is -2.43. The van der Waals surface area contributed by atoms with Crippen LogP contribution in [0.4, 0.5) is 18.9 Å². The molecule has 5 heteroatoms. The summed E-state index contributed by atoms with van der Waals surface area (Å²) in [7, 11) is 0. The summed E-state index contributed by atoms with van der Waals surface area (Å²) in [5.41, 5.74) is -0.133. The van der Waals surface area contributed by atoms with E-state index in [-0.39, 0.29) is 17.0 Å². The van der Waals surface area contributed by atoms with E-state index in [9.17, 15) is 18.0 Å². The lowest BCUT2D eigenvalue weighted by atomic mass is 10.2. The zero-order valence-corrected chi connectivity index (χ0v) is 10.2. The Morgan fingerprint density at radius 1 is 1.17 bits per heavy atom. The smallest absolute Gasteiger partial charge is 0.274 e. The maximum Gasteiger partial charge on any atom is 0.491 e. The van der Waals surface area contributed by atoms with Gasteiger partial charge in [0.25, 0.3) is 0 Å². The van der Waals surface area contributed by atoms with E-state index >= 15 is 0 Å². The van der Waals surface area contributed by atoms with Crippen LogP contribution in [0.5, 0.6) is 0 Å². The Morgan fingerprint density at radius 3 is 2.28 bits per heavy atom. The average molecular weight is 259 g/mol. The third kappa shape index (κ3) is 4.05. The second-order valence-corrected chi connectivity index (χ2v) is 3.99. The van der Waals surface area contributed by atoms with E-state index in [1.807, 2.05) is 6.92 Å². The molecule has 0 fully saturated rings. The van der Waals surface area contributed by atoms with E-state index in [2.05, 4.69) is 0 Å². The fourth-order valence-electron chi connectivity index (χ4n) is 1.65. The van der Waals surface area contributed by atoms with E-state index in [0.717, 1.165) is 12.8 Å². The van der Waals surface area contributed by atoms with Crippen LogP contribution in [0.1, 0.15) is 32.6 Å². The lowest BCUT2D eigenvalue weighted by molar-refractivity contribution is -0.150. The first-order chi connectivity index (χ1) is 8.46. The van der Waals surface area contributed by atoms with Gasteiger partial charge in [-0.25, -0.2) is 4.90 Å². The van der Waals surface area contributed by atoms with Crippen LogP contribution in [0.2, 0.25) is 0 Å². The monoisotopic (exact) mass is 259 g/mol. The normalized spacial score (nSPS) is 11.3. The molecule has 1 aromatic carbocycles. The minimum Gasteiger partial charge on any atom is -0.274 e. The van der Waals surface area contributed by atoms with Gasteiger partial charge in [0.15, 0.2) is 0 Å². The SMILES string of the molecule is CCCCCC(=O)N(c1ccccc1)C(F)(F)F. The minimum absolute atomic E-state index is 0.0807. The Kier molecular flexibility index (Phi) is 5.19. The molecule has 0 atom stereocenters. The van der Waals surface area contributed by atoms with E-state index in [4.69, 9.17) is 0 Å². The number of hydrogen-bond acceptors (Lipinski definition) is 1. The topological polar surface area (TPSA) is 20.3 Å². The molecule has 2 nitrogen and oxygen atoms in total. The number of rotatable bonds is 5. The van der Waals surface area contributed by atoms with Gasteiger partial charge in [-0.3, -0.25) is 4.79 Å². The summed E-state index contributed by atoms with van der Waals surface area (Å²) < 4.78 is 38.6. The number of amides is 1. The van der Waals surface area contributed by atoms with Crippen molar-refractivity contribution in [2.24, 2.45) is 0 Å². The van der Waals surface area contributed by atoms with Crippen molar-refractivity contribution in [3.63, 3.8) is 0 Å². The molecular formula is C13H16F3NO. The van der Waals surface area contributed by atoms with Gasteiger partial charge in [-0.2, -0.15) is 0 Å². The second-order valence-electron chi connectivity index (χ2n) is 3.99. The molecule has 0 aromatic heterocycles. The fraction of sp³-hybridized carbons (Fsp3) is 0.462. The summed E-state index contributed by atoms with van der Waals surface area (Å²) in [4.78, 5) is 11.6. The summed E-state index contributed by atoms with van der Waals surface area (Å²) in [6.45, 7) is 1.93. The summed E-state index contributed by atoms with van der Waals surface area (Å²) in [6, 6.07) is 7.14. The first-order valence-corrected chi connectivity index (χ1v) is 5.91. The highest BCUT2D eigenvalue weighted by molar-refractivity contribution is 5.93. The Morgan fingerprint density at radius 2 is 1.78 bits per heavy atom. The standard InChI is InChI=1S/C13H16F3NO/c1-2-3-5-10-12(18)17(13(14,15)16)11-8-6-4-7-9-11/h4,6-9H,2-3,5,10H2,1H3. The average Bonchev–Trinajstić information content (AvgIpc) is 2.29. The number of nitrogens with zero attached hydrogens (tertiary/aromatic N) is 1. The predicted octanol–water partition coefficient (Wildman–Crippen LogP) is 4.12. The molecule has 0 aliphatic rings. The zero-order chi connectivity index (χ0) is 13.6. The molecular weight excluding hydrogens is 243 g/mol. The van der Waals surface area contributed by atoms with Crippen molar-refractivity contribution in [2.75, 3.05) is 4.90 Å². The molecule has 0 aliphatic carbocycles. The molecule has 0 unspecified atom stereocenters. The first kappa shape index (κ1) is 14.5. The molecule has 0 spiro atoms. The highest BCUT2D eigenvalue weighted by Crippen LogP contribution is 2.29. The molecule has 0 radical (unpaired) electrons. The van der Waals surface area contributed by atoms with Crippen molar-refractivity contribution < 1.29 is 18.0 Å². The van der Waals surface area contributed by atoms with Crippen LogP contribution in [0.3, 0.4) is 0 Å². The van der Waals surface area contributed by atoms with E-state index in [1.165, 1.54) is 24.3 Å². The summed E-state index contributed by atoms with van der Waals surface area (Å²) in [5, 5.41) is 0. The second kappa shape index (κ2) is 6.42. The van der Waals surface area contributed by atoms with Gasteiger partial charge in [-0.1, -0.05) is 38.0 Å². The number of benzene rings is 1. The molecule has 0 saturated carbocycles. The van der Waals surface area contributed by atoms with Crippen LogP contribution in [-0.4, -0.2) is 12.2 Å². The predicted molar refractivity (Wildman–Crippen MR) is 64.1 cm³/mol. The number of hydrogen-bond donors (Lipinski definition) is 0. The number of para-hydroxylation sites is 1. The Balaban J connectivity index is 2.83. The van der Waals surface area contributed by atoms with Gasteiger partial charge in [-0.05, 0) is 18.6 Å². The van der Waals surface area contributed by atoms with Crippen molar-refractivity contribution in [2.45, 2.75) is 38.9 Å². The van der Waals surface area contributed by atoms with Gasteiger partial charge >= 0.3 is 6.30 Å². The van der Waals surface area contributed by atoms with E-state index in [1.54, 1.807) is 6.07 Å². The van der Waals surface area contributed by atoms with Gasteiger partial charge in [0.1, 0.15) is 0 Å². The molecule has 0 bridgehead atoms. The van der Waals surface area contributed by atoms with Gasteiger partial charge in [-0.15, -0.1) is 13.2 Å². The maximum atomic E-state index is 12.9. The molecule has 100 valence electrons. The summed E-state index contributed by atoms with van der Waals surface area (Å²) >= 11 is 0. The number of anilines is 1. The highest BCUT2D eigenvalue weighted by atomic mass is 19.4. The van der Waals surface area contributed by atoms with Gasteiger partial charge in [0, 0.05) is 6.42 Å². The number of alkyl halides is 3. The lowest BCUT2D eigenvalue weighted by Gasteiger charge is -2.25. The third-order valence-corrected chi connectivity index (χ3v) is 2.51. The van der Waals surface area contributed by atoms with Gasteiger partial charge in [0.2, 0.25) is 5.91 Å².